The summed E-state index contributed by atoms with van der Waals surface area (Å²) in [6.07, 6.45) is 4.12. The number of hydrogen-bond acceptors (Lipinski definition) is 2. The second-order valence-corrected chi connectivity index (χ2v) is 6.22. The molecule has 108 valence electrons. The third kappa shape index (κ3) is 4.41. The van der Waals surface area contributed by atoms with Gasteiger partial charge in [0.25, 0.3) is 0 Å². The first-order valence-corrected chi connectivity index (χ1v) is 7.14. The summed E-state index contributed by atoms with van der Waals surface area (Å²) in [4.78, 5) is 13.5. The lowest BCUT2D eigenvalue weighted by molar-refractivity contribution is 0.0213. The number of allylic oxidation sites excluding steroid dienone is 1. The van der Waals surface area contributed by atoms with E-state index < -0.39 is 5.60 Å². The number of benzene rings is 1. The molecule has 1 heterocycles. The van der Waals surface area contributed by atoms with Gasteiger partial charge in [0, 0.05) is 13.1 Å². The molecule has 0 radical (unpaired) electrons. The zero-order chi connectivity index (χ0) is 14.6. The van der Waals surface area contributed by atoms with Gasteiger partial charge in [0.15, 0.2) is 0 Å². The minimum Gasteiger partial charge on any atom is -0.444 e. The Morgan fingerprint density at radius 2 is 1.90 bits per heavy atom. The molecule has 3 nitrogen and oxygen atoms in total. The Balaban J connectivity index is 1.71. The third-order valence-electron chi connectivity index (χ3n) is 3.15. The van der Waals surface area contributed by atoms with Crippen LogP contribution in [0, 0.1) is 0 Å². The molecule has 3 heteroatoms. The van der Waals surface area contributed by atoms with Crippen molar-refractivity contribution < 1.29 is 9.53 Å². The number of rotatable bonds is 3. The van der Waals surface area contributed by atoms with Crippen LogP contribution >= 0.6 is 0 Å². The van der Waals surface area contributed by atoms with Gasteiger partial charge >= 0.3 is 6.09 Å². The number of nitrogens with zero attached hydrogens (tertiary/aromatic N) is 1. The zero-order valence-electron chi connectivity index (χ0n) is 12.6. The molecule has 1 amide bonds. The molecular formula is C17H23NO2. The molecule has 20 heavy (non-hydrogen) atoms. The minimum atomic E-state index is -0.413. The molecule has 0 saturated carbocycles. The molecular weight excluding hydrogens is 250 g/mol. The molecule has 0 aliphatic carbocycles. The van der Waals surface area contributed by atoms with Gasteiger partial charge < -0.3 is 9.64 Å². The quantitative estimate of drug-likeness (QED) is 0.784. The summed E-state index contributed by atoms with van der Waals surface area (Å²) in [5, 5.41) is 0. The molecule has 0 N–H and O–H groups in total. The molecule has 0 unspecified atom stereocenters. The Labute approximate surface area is 121 Å². The summed E-state index contributed by atoms with van der Waals surface area (Å²) in [5.41, 5.74) is 2.27. The largest absolute Gasteiger partial charge is 0.444 e. The van der Waals surface area contributed by atoms with E-state index in [4.69, 9.17) is 4.74 Å². The van der Waals surface area contributed by atoms with E-state index in [9.17, 15) is 4.79 Å². The number of ether oxygens (including phenoxy) is 1. The van der Waals surface area contributed by atoms with Crippen molar-refractivity contribution in [3.8, 4) is 0 Å². The lowest BCUT2D eigenvalue weighted by Crippen LogP contribution is -2.46. The molecule has 1 aromatic carbocycles. The summed E-state index contributed by atoms with van der Waals surface area (Å²) < 4.78 is 5.32. The third-order valence-corrected chi connectivity index (χ3v) is 3.15. The number of hydrogen-bond donors (Lipinski definition) is 0. The van der Waals surface area contributed by atoms with Crippen LogP contribution in [0.25, 0.3) is 0 Å². The fraction of sp³-hybridized carbons (Fsp3) is 0.471. The van der Waals surface area contributed by atoms with Gasteiger partial charge in [-0.1, -0.05) is 36.4 Å². The number of carbonyl (C=O) groups excluding carboxylic acids is 1. The molecule has 2 rings (SSSR count). The number of aryl methyl sites for hydroxylation is 1. The first-order valence-electron chi connectivity index (χ1n) is 7.14. The molecule has 0 bridgehead atoms. The maximum Gasteiger partial charge on any atom is 0.410 e. The van der Waals surface area contributed by atoms with E-state index in [1.54, 1.807) is 4.90 Å². The molecule has 1 aliphatic heterocycles. The van der Waals surface area contributed by atoms with Crippen LogP contribution in [0.4, 0.5) is 4.79 Å². The lowest BCUT2D eigenvalue weighted by Gasteiger charge is -2.35. The molecule has 0 aromatic heterocycles. The minimum absolute atomic E-state index is 0.210. The van der Waals surface area contributed by atoms with Crippen molar-refractivity contribution in [1.29, 1.82) is 0 Å². The Bertz CT molecular complexity index is 477. The summed E-state index contributed by atoms with van der Waals surface area (Å²) in [6.45, 7) is 7.09. The van der Waals surface area contributed by atoms with Crippen molar-refractivity contribution >= 4 is 6.09 Å². The van der Waals surface area contributed by atoms with Crippen LogP contribution in [-0.2, 0) is 11.2 Å². The molecule has 1 aliphatic rings. The Kier molecular flexibility index (Phi) is 4.48. The van der Waals surface area contributed by atoms with E-state index in [1.165, 1.54) is 11.1 Å². The van der Waals surface area contributed by atoms with Gasteiger partial charge in [0.1, 0.15) is 5.60 Å². The smallest absolute Gasteiger partial charge is 0.410 e. The summed E-state index contributed by atoms with van der Waals surface area (Å²) in [6, 6.07) is 10.5. The van der Waals surface area contributed by atoms with E-state index in [2.05, 4.69) is 30.3 Å². The van der Waals surface area contributed by atoms with Crippen LogP contribution < -0.4 is 0 Å². The van der Waals surface area contributed by atoms with Gasteiger partial charge in [0.2, 0.25) is 0 Å². The van der Waals surface area contributed by atoms with Crippen molar-refractivity contribution in [1.82, 2.24) is 4.90 Å². The standard InChI is InChI=1S/C17H23NO2/c1-17(2,3)20-16(19)18-12-15(13-18)11-7-10-14-8-5-4-6-9-14/h4-6,8-9,11H,7,10,12-13H2,1-3H3. The average Bonchev–Trinajstić information content (AvgIpc) is 2.31. The molecule has 1 aromatic rings. The number of carbonyl (C=O) groups is 1. The fourth-order valence-corrected chi connectivity index (χ4v) is 2.12. The van der Waals surface area contributed by atoms with Crippen LogP contribution in [0.3, 0.4) is 0 Å². The maximum atomic E-state index is 11.8. The highest BCUT2D eigenvalue weighted by molar-refractivity contribution is 5.70. The highest BCUT2D eigenvalue weighted by Gasteiger charge is 2.29. The first kappa shape index (κ1) is 14.6. The predicted octanol–water partition coefficient (Wildman–Crippen LogP) is 3.80. The Morgan fingerprint density at radius 3 is 2.50 bits per heavy atom. The van der Waals surface area contributed by atoms with Crippen LogP contribution in [0.1, 0.15) is 32.8 Å². The van der Waals surface area contributed by atoms with E-state index >= 15 is 0 Å². The van der Waals surface area contributed by atoms with E-state index in [0.29, 0.717) is 13.1 Å². The average molecular weight is 273 g/mol. The van der Waals surface area contributed by atoms with Crippen molar-refractivity contribution in [2.24, 2.45) is 0 Å². The van der Waals surface area contributed by atoms with Gasteiger partial charge in [-0.2, -0.15) is 0 Å². The molecule has 1 saturated heterocycles. The molecule has 0 atom stereocenters. The second kappa shape index (κ2) is 6.12. The van der Waals surface area contributed by atoms with Crippen LogP contribution in [-0.4, -0.2) is 29.7 Å². The van der Waals surface area contributed by atoms with Crippen LogP contribution in [0.5, 0.6) is 0 Å². The van der Waals surface area contributed by atoms with Crippen molar-refractivity contribution in [3.63, 3.8) is 0 Å². The van der Waals surface area contributed by atoms with Crippen molar-refractivity contribution in [2.45, 2.75) is 39.2 Å². The van der Waals surface area contributed by atoms with Gasteiger partial charge in [-0.3, -0.25) is 0 Å². The number of amides is 1. The van der Waals surface area contributed by atoms with E-state index in [0.717, 1.165) is 12.8 Å². The summed E-state index contributed by atoms with van der Waals surface area (Å²) >= 11 is 0. The normalized spacial score (nSPS) is 14.8. The lowest BCUT2D eigenvalue weighted by atomic mass is 10.0. The van der Waals surface area contributed by atoms with Crippen molar-refractivity contribution in [2.75, 3.05) is 13.1 Å². The number of likely N-dealkylation sites (tertiary alicyclic amines) is 1. The van der Waals surface area contributed by atoms with Gasteiger partial charge in [-0.05, 0) is 44.7 Å². The van der Waals surface area contributed by atoms with E-state index in [-0.39, 0.29) is 6.09 Å². The van der Waals surface area contributed by atoms with Crippen LogP contribution in [0.15, 0.2) is 42.0 Å². The summed E-state index contributed by atoms with van der Waals surface area (Å²) in [7, 11) is 0. The second-order valence-electron chi connectivity index (χ2n) is 6.22. The Hall–Kier alpha value is -1.77. The maximum absolute atomic E-state index is 11.8. The summed E-state index contributed by atoms with van der Waals surface area (Å²) in [5.74, 6) is 0. The fourth-order valence-electron chi connectivity index (χ4n) is 2.12. The Morgan fingerprint density at radius 1 is 1.25 bits per heavy atom. The first-order chi connectivity index (χ1) is 9.44. The molecule has 0 spiro atoms. The highest BCUT2D eigenvalue weighted by Crippen LogP contribution is 2.19. The monoisotopic (exact) mass is 273 g/mol. The van der Waals surface area contributed by atoms with E-state index in [1.807, 2.05) is 26.8 Å². The zero-order valence-corrected chi connectivity index (χ0v) is 12.6. The van der Waals surface area contributed by atoms with Gasteiger partial charge in [0.05, 0.1) is 0 Å². The molecule has 1 fully saturated rings. The predicted molar refractivity (Wildman–Crippen MR) is 80.7 cm³/mol. The van der Waals surface area contributed by atoms with Gasteiger partial charge in [-0.25, -0.2) is 4.79 Å². The van der Waals surface area contributed by atoms with Crippen molar-refractivity contribution in [3.05, 3.63) is 47.5 Å². The van der Waals surface area contributed by atoms with Gasteiger partial charge in [-0.15, -0.1) is 0 Å². The highest BCUT2D eigenvalue weighted by atomic mass is 16.6. The van der Waals surface area contributed by atoms with Crippen LogP contribution in [0.2, 0.25) is 0 Å². The SMILES string of the molecule is CC(C)(C)OC(=O)N1CC(=CCCc2ccccc2)C1. The topological polar surface area (TPSA) is 29.5 Å².